The molecule has 2 N–H and O–H groups in total. The minimum Gasteiger partial charge on any atom is -0.481 e. The Labute approximate surface area is 105 Å². The maximum Gasteiger partial charge on any atom is 0.313 e. The zero-order valence-corrected chi connectivity index (χ0v) is 10.4. The van der Waals surface area contributed by atoms with E-state index < -0.39 is 28.9 Å². The average molecular weight is 254 g/mol. The Morgan fingerprint density at radius 2 is 2.00 bits per heavy atom. The molecule has 0 radical (unpaired) electrons. The van der Waals surface area contributed by atoms with Gasteiger partial charge in [0.1, 0.15) is 11.0 Å². The number of carboxylic acid groups (broad SMARTS) is 2. The lowest BCUT2D eigenvalue weighted by molar-refractivity contribution is -0.171. The third-order valence-corrected chi connectivity index (χ3v) is 4.23. The highest BCUT2D eigenvalue weighted by atomic mass is 16.6. The molecular weight excluding hydrogens is 236 g/mol. The van der Waals surface area contributed by atoms with E-state index in [0.717, 1.165) is 12.8 Å². The molecule has 3 atom stereocenters. The lowest BCUT2D eigenvalue weighted by Gasteiger charge is -2.41. The Hall–Kier alpha value is -1.36. The molecule has 1 aliphatic carbocycles. The van der Waals surface area contributed by atoms with Gasteiger partial charge in [-0.3, -0.25) is 9.59 Å². The first-order chi connectivity index (χ1) is 8.50. The minimum atomic E-state index is -1.32. The number of epoxide rings is 1. The zero-order chi connectivity index (χ0) is 13.4. The van der Waals surface area contributed by atoms with Crippen molar-refractivity contribution in [2.24, 2.45) is 11.3 Å². The van der Waals surface area contributed by atoms with E-state index in [1.54, 1.807) is 19.1 Å². The fraction of sp³-hybridized carbons (Fsp3) is 0.692. The van der Waals surface area contributed by atoms with Crippen molar-refractivity contribution in [2.75, 3.05) is 6.61 Å². The third-order valence-electron chi connectivity index (χ3n) is 4.23. The summed E-state index contributed by atoms with van der Waals surface area (Å²) in [4.78, 5) is 23.2. The van der Waals surface area contributed by atoms with Crippen molar-refractivity contribution in [3.8, 4) is 0 Å². The Morgan fingerprint density at radius 1 is 1.33 bits per heavy atom. The number of hydrogen-bond acceptors (Lipinski definition) is 3. The van der Waals surface area contributed by atoms with Gasteiger partial charge in [0.2, 0.25) is 0 Å². The number of hydrogen-bond donors (Lipinski definition) is 2. The van der Waals surface area contributed by atoms with Crippen LogP contribution in [0.5, 0.6) is 0 Å². The van der Waals surface area contributed by atoms with E-state index in [-0.39, 0.29) is 0 Å². The van der Waals surface area contributed by atoms with Gasteiger partial charge in [0.05, 0.1) is 12.5 Å². The van der Waals surface area contributed by atoms with Crippen molar-refractivity contribution < 1.29 is 24.5 Å². The van der Waals surface area contributed by atoms with Crippen LogP contribution in [0.25, 0.3) is 0 Å². The van der Waals surface area contributed by atoms with E-state index >= 15 is 0 Å². The number of carboxylic acids is 2. The van der Waals surface area contributed by atoms with Gasteiger partial charge >= 0.3 is 11.9 Å². The van der Waals surface area contributed by atoms with Crippen LogP contribution in [0.3, 0.4) is 0 Å². The van der Waals surface area contributed by atoms with Crippen molar-refractivity contribution >= 4 is 11.9 Å². The molecule has 1 saturated carbocycles. The zero-order valence-electron chi connectivity index (χ0n) is 10.4. The van der Waals surface area contributed by atoms with Gasteiger partial charge in [-0.25, -0.2) is 0 Å². The predicted molar refractivity (Wildman–Crippen MR) is 63.2 cm³/mol. The highest BCUT2D eigenvalue weighted by Crippen LogP contribution is 2.57. The summed E-state index contributed by atoms with van der Waals surface area (Å²) < 4.78 is 5.39. The highest BCUT2D eigenvalue weighted by molar-refractivity contribution is 5.86. The Morgan fingerprint density at radius 3 is 2.44 bits per heavy atom. The lowest BCUT2D eigenvalue weighted by Crippen LogP contribution is -2.54. The maximum absolute atomic E-state index is 11.8. The quantitative estimate of drug-likeness (QED) is 0.588. The van der Waals surface area contributed by atoms with Crippen LogP contribution in [-0.4, -0.2) is 34.4 Å². The van der Waals surface area contributed by atoms with Gasteiger partial charge in [0, 0.05) is 0 Å². The Bertz CT molecular complexity index is 396. The summed E-state index contributed by atoms with van der Waals surface area (Å²) in [6.45, 7) is 2.09. The van der Waals surface area contributed by atoms with Gasteiger partial charge in [-0.1, -0.05) is 25.0 Å². The Kier molecular flexibility index (Phi) is 3.19. The summed E-state index contributed by atoms with van der Waals surface area (Å²) in [5.41, 5.74) is -2.24. The minimum absolute atomic E-state index is 0.299. The molecule has 1 heterocycles. The van der Waals surface area contributed by atoms with Crippen LogP contribution in [0.2, 0.25) is 0 Å². The molecule has 2 rings (SSSR count). The molecule has 0 aromatic rings. The summed E-state index contributed by atoms with van der Waals surface area (Å²) in [5.74, 6) is -2.95. The molecule has 0 aromatic heterocycles. The van der Waals surface area contributed by atoms with E-state index in [9.17, 15) is 19.8 Å². The number of carbonyl (C=O) groups is 2. The van der Waals surface area contributed by atoms with Crippen LogP contribution in [0.15, 0.2) is 12.2 Å². The number of allylic oxidation sites excluding steroid dienone is 1. The molecule has 1 saturated heterocycles. The summed E-state index contributed by atoms with van der Waals surface area (Å²) in [7, 11) is 0. The molecule has 0 aromatic carbocycles. The molecule has 5 heteroatoms. The van der Waals surface area contributed by atoms with Crippen molar-refractivity contribution in [2.45, 2.75) is 38.2 Å². The first-order valence-corrected chi connectivity index (χ1v) is 6.24. The van der Waals surface area contributed by atoms with Gasteiger partial charge in [0.25, 0.3) is 0 Å². The van der Waals surface area contributed by atoms with E-state index in [2.05, 4.69) is 0 Å². The second-order valence-electron chi connectivity index (χ2n) is 5.09. The average Bonchev–Trinajstić information content (AvgIpc) is 3.10. The van der Waals surface area contributed by atoms with E-state index in [1.165, 1.54) is 0 Å². The van der Waals surface area contributed by atoms with E-state index in [1.807, 2.05) is 0 Å². The second-order valence-corrected chi connectivity index (χ2v) is 5.09. The first kappa shape index (κ1) is 13.1. The summed E-state index contributed by atoms with van der Waals surface area (Å²) >= 11 is 0. The largest absolute Gasteiger partial charge is 0.481 e. The van der Waals surface area contributed by atoms with Crippen LogP contribution in [0.1, 0.15) is 32.6 Å². The monoisotopic (exact) mass is 254 g/mol. The fourth-order valence-electron chi connectivity index (χ4n) is 3.30. The van der Waals surface area contributed by atoms with Crippen molar-refractivity contribution in [1.29, 1.82) is 0 Å². The van der Waals surface area contributed by atoms with Gasteiger partial charge in [-0.2, -0.15) is 0 Å². The fourth-order valence-corrected chi connectivity index (χ4v) is 3.30. The molecule has 3 unspecified atom stereocenters. The maximum atomic E-state index is 11.8. The highest BCUT2D eigenvalue weighted by Gasteiger charge is 2.69. The molecule has 1 aliphatic heterocycles. The molecule has 2 fully saturated rings. The SMILES string of the molecule is CC=CC1(C2(C(=O)O)CCCCC2C(=O)O)CO1. The van der Waals surface area contributed by atoms with Crippen molar-refractivity contribution in [3.63, 3.8) is 0 Å². The Balaban J connectivity index is 2.48. The molecule has 100 valence electrons. The van der Waals surface area contributed by atoms with Gasteiger partial charge in [0.15, 0.2) is 0 Å². The number of rotatable bonds is 4. The number of aliphatic carboxylic acids is 2. The van der Waals surface area contributed by atoms with Gasteiger partial charge < -0.3 is 14.9 Å². The van der Waals surface area contributed by atoms with Gasteiger partial charge in [-0.15, -0.1) is 0 Å². The third kappa shape index (κ3) is 1.65. The summed E-state index contributed by atoms with van der Waals surface area (Å²) in [6.07, 6.45) is 5.72. The summed E-state index contributed by atoms with van der Waals surface area (Å²) in [5, 5.41) is 19.0. The standard InChI is InChI=1S/C13H18O5/c1-2-6-12(8-18-12)13(11(16)17)7-4-3-5-9(13)10(14)15/h2,6,9H,3-5,7-8H2,1H3,(H,14,15)(H,16,17). The summed E-state index contributed by atoms with van der Waals surface area (Å²) in [6, 6.07) is 0. The van der Waals surface area contributed by atoms with Crippen LogP contribution in [0.4, 0.5) is 0 Å². The van der Waals surface area contributed by atoms with Gasteiger partial charge in [-0.05, 0) is 19.8 Å². The second kappa shape index (κ2) is 4.39. The molecule has 0 bridgehead atoms. The topological polar surface area (TPSA) is 87.1 Å². The normalized spacial score (nSPS) is 39.7. The van der Waals surface area contributed by atoms with Crippen LogP contribution < -0.4 is 0 Å². The van der Waals surface area contributed by atoms with E-state index in [4.69, 9.17) is 4.74 Å². The van der Waals surface area contributed by atoms with Crippen molar-refractivity contribution in [3.05, 3.63) is 12.2 Å². The molecule has 2 aliphatic rings. The molecule has 0 amide bonds. The molecule has 0 spiro atoms. The predicted octanol–water partition coefficient (Wildman–Crippen LogP) is 1.68. The smallest absolute Gasteiger partial charge is 0.313 e. The molecule has 18 heavy (non-hydrogen) atoms. The molecular formula is C13H18O5. The molecule has 5 nitrogen and oxygen atoms in total. The lowest BCUT2D eigenvalue weighted by atomic mass is 9.59. The van der Waals surface area contributed by atoms with Crippen LogP contribution in [0, 0.1) is 11.3 Å². The van der Waals surface area contributed by atoms with Crippen LogP contribution in [-0.2, 0) is 14.3 Å². The van der Waals surface area contributed by atoms with Crippen molar-refractivity contribution in [1.82, 2.24) is 0 Å². The number of ether oxygens (including phenoxy) is 1. The first-order valence-electron chi connectivity index (χ1n) is 6.24. The van der Waals surface area contributed by atoms with E-state index in [0.29, 0.717) is 19.4 Å². The van der Waals surface area contributed by atoms with Crippen LogP contribution >= 0.6 is 0 Å².